The van der Waals surface area contributed by atoms with Crippen LogP contribution in [0.15, 0.2) is 6.33 Å². The Morgan fingerprint density at radius 1 is 1.50 bits per heavy atom. The van der Waals surface area contributed by atoms with E-state index >= 15 is 0 Å². The summed E-state index contributed by atoms with van der Waals surface area (Å²) in [6, 6.07) is 0. The van der Waals surface area contributed by atoms with E-state index in [2.05, 4.69) is 34.3 Å². The zero-order valence-electron chi connectivity index (χ0n) is 8.88. The third kappa shape index (κ3) is 1.66. The molecule has 1 aliphatic heterocycles. The first-order valence-corrected chi connectivity index (χ1v) is 5.28. The number of aromatic amines is 1. The Hall–Kier alpha value is -0.900. The lowest BCUT2D eigenvalue weighted by Gasteiger charge is -2.35. The topological polar surface area (TPSA) is 53.6 Å². The zero-order chi connectivity index (χ0) is 10.0. The van der Waals surface area contributed by atoms with Crippen molar-refractivity contribution in [2.75, 3.05) is 13.1 Å². The van der Waals surface area contributed by atoms with Crippen LogP contribution in [0.1, 0.15) is 32.5 Å². The molecule has 78 valence electrons. The van der Waals surface area contributed by atoms with Crippen LogP contribution in [-0.2, 0) is 5.41 Å². The van der Waals surface area contributed by atoms with Crippen molar-refractivity contribution >= 4 is 0 Å². The van der Waals surface area contributed by atoms with Crippen LogP contribution in [0.4, 0.5) is 0 Å². The van der Waals surface area contributed by atoms with E-state index in [-0.39, 0.29) is 5.41 Å². The van der Waals surface area contributed by atoms with Gasteiger partial charge in [-0.05, 0) is 31.8 Å². The molecule has 0 aliphatic carbocycles. The van der Waals surface area contributed by atoms with Crippen LogP contribution in [0, 0.1) is 5.92 Å². The highest BCUT2D eigenvalue weighted by molar-refractivity contribution is 5.05. The first kappa shape index (κ1) is 9.65. The predicted molar refractivity (Wildman–Crippen MR) is 55.0 cm³/mol. The minimum atomic E-state index is 0.101. The molecule has 1 aromatic heterocycles. The molecule has 1 fully saturated rings. The maximum absolute atomic E-state index is 4.27. The normalized spacial score (nSPS) is 23.7. The second-order valence-electron chi connectivity index (χ2n) is 4.60. The Morgan fingerprint density at radius 3 is 2.93 bits per heavy atom. The van der Waals surface area contributed by atoms with Crippen molar-refractivity contribution in [3.8, 4) is 0 Å². The minimum Gasteiger partial charge on any atom is -0.316 e. The van der Waals surface area contributed by atoms with Crippen LogP contribution in [0.25, 0.3) is 0 Å². The lowest BCUT2D eigenvalue weighted by atomic mass is 9.74. The molecule has 0 amide bonds. The molecule has 2 heterocycles. The van der Waals surface area contributed by atoms with Gasteiger partial charge in [-0.3, -0.25) is 5.10 Å². The molecule has 2 rings (SSSR count). The van der Waals surface area contributed by atoms with Gasteiger partial charge < -0.3 is 5.32 Å². The van der Waals surface area contributed by atoms with E-state index in [0.29, 0.717) is 5.92 Å². The lowest BCUT2D eigenvalue weighted by molar-refractivity contribution is 0.242. The Kier molecular flexibility index (Phi) is 2.54. The van der Waals surface area contributed by atoms with Crippen LogP contribution in [0.5, 0.6) is 0 Å². The molecule has 14 heavy (non-hydrogen) atoms. The fraction of sp³-hybridized carbons (Fsp3) is 0.800. The molecule has 0 saturated carbocycles. The van der Waals surface area contributed by atoms with Crippen molar-refractivity contribution < 1.29 is 0 Å². The van der Waals surface area contributed by atoms with Crippen molar-refractivity contribution in [1.29, 1.82) is 0 Å². The third-order valence-electron chi connectivity index (χ3n) is 3.34. The van der Waals surface area contributed by atoms with Crippen molar-refractivity contribution in [3.63, 3.8) is 0 Å². The van der Waals surface area contributed by atoms with Crippen molar-refractivity contribution in [1.82, 2.24) is 20.5 Å². The first-order valence-electron chi connectivity index (χ1n) is 5.28. The maximum atomic E-state index is 4.27. The van der Waals surface area contributed by atoms with E-state index < -0.39 is 0 Å². The number of hydrogen-bond acceptors (Lipinski definition) is 3. The molecule has 4 heteroatoms. The maximum Gasteiger partial charge on any atom is 0.137 e. The van der Waals surface area contributed by atoms with Crippen molar-refractivity contribution in [2.45, 2.75) is 32.1 Å². The number of H-pyrrole nitrogens is 1. The number of nitrogens with one attached hydrogen (secondary N) is 2. The third-order valence-corrected chi connectivity index (χ3v) is 3.34. The summed E-state index contributed by atoms with van der Waals surface area (Å²) < 4.78 is 0. The van der Waals surface area contributed by atoms with E-state index in [4.69, 9.17) is 0 Å². The lowest BCUT2D eigenvalue weighted by Crippen LogP contribution is -2.41. The van der Waals surface area contributed by atoms with Gasteiger partial charge in [0, 0.05) is 5.41 Å². The van der Waals surface area contributed by atoms with E-state index in [0.717, 1.165) is 18.9 Å². The molecule has 0 spiro atoms. The SMILES string of the molecule is CC(C)(c1ncn[nH]1)C1CCCNC1. The monoisotopic (exact) mass is 194 g/mol. The zero-order valence-corrected chi connectivity index (χ0v) is 8.88. The molecule has 1 aromatic rings. The van der Waals surface area contributed by atoms with Crippen molar-refractivity contribution in [3.05, 3.63) is 12.2 Å². The van der Waals surface area contributed by atoms with E-state index in [1.165, 1.54) is 12.8 Å². The summed E-state index contributed by atoms with van der Waals surface area (Å²) in [6.45, 7) is 6.73. The number of hydrogen-bond donors (Lipinski definition) is 2. The molecular weight excluding hydrogens is 176 g/mol. The molecular formula is C10H18N4. The van der Waals surface area contributed by atoms with Crippen LogP contribution in [0.2, 0.25) is 0 Å². The quantitative estimate of drug-likeness (QED) is 0.740. The molecule has 2 N–H and O–H groups in total. The average molecular weight is 194 g/mol. The van der Waals surface area contributed by atoms with Gasteiger partial charge in [-0.1, -0.05) is 13.8 Å². The van der Waals surface area contributed by atoms with Gasteiger partial charge in [-0.15, -0.1) is 0 Å². The van der Waals surface area contributed by atoms with Gasteiger partial charge in [-0.2, -0.15) is 5.10 Å². The van der Waals surface area contributed by atoms with Gasteiger partial charge in [0.25, 0.3) is 0 Å². The summed E-state index contributed by atoms with van der Waals surface area (Å²) in [5.41, 5.74) is 0.101. The second kappa shape index (κ2) is 3.69. The number of rotatable bonds is 2. The van der Waals surface area contributed by atoms with Gasteiger partial charge >= 0.3 is 0 Å². The summed E-state index contributed by atoms with van der Waals surface area (Å²) in [5, 5.41) is 10.4. The van der Waals surface area contributed by atoms with Crippen LogP contribution < -0.4 is 5.32 Å². The van der Waals surface area contributed by atoms with Crippen LogP contribution in [0.3, 0.4) is 0 Å². The summed E-state index contributed by atoms with van der Waals surface area (Å²) >= 11 is 0. The molecule has 1 atom stereocenters. The Bertz CT molecular complexity index is 272. The van der Waals surface area contributed by atoms with Gasteiger partial charge in [0.2, 0.25) is 0 Å². The highest BCUT2D eigenvalue weighted by atomic mass is 15.2. The fourth-order valence-corrected chi connectivity index (χ4v) is 2.18. The first-order chi connectivity index (χ1) is 6.71. The average Bonchev–Trinajstić information content (AvgIpc) is 2.72. The number of nitrogens with zero attached hydrogens (tertiary/aromatic N) is 2. The Morgan fingerprint density at radius 2 is 2.36 bits per heavy atom. The molecule has 0 aromatic carbocycles. The Labute approximate surface area is 84.5 Å². The van der Waals surface area contributed by atoms with Gasteiger partial charge in [0.05, 0.1) is 0 Å². The van der Waals surface area contributed by atoms with Crippen LogP contribution >= 0.6 is 0 Å². The van der Waals surface area contributed by atoms with Crippen LogP contribution in [-0.4, -0.2) is 28.3 Å². The summed E-state index contributed by atoms with van der Waals surface area (Å²) in [4.78, 5) is 4.27. The van der Waals surface area contributed by atoms with E-state index in [9.17, 15) is 0 Å². The number of piperidine rings is 1. The van der Waals surface area contributed by atoms with E-state index in [1.54, 1.807) is 6.33 Å². The van der Waals surface area contributed by atoms with Gasteiger partial charge in [0.1, 0.15) is 12.2 Å². The predicted octanol–water partition coefficient (Wildman–Crippen LogP) is 1.08. The van der Waals surface area contributed by atoms with E-state index in [1.807, 2.05) is 0 Å². The van der Waals surface area contributed by atoms with Gasteiger partial charge in [-0.25, -0.2) is 4.98 Å². The molecule has 1 saturated heterocycles. The molecule has 0 bridgehead atoms. The summed E-state index contributed by atoms with van der Waals surface area (Å²) in [7, 11) is 0. The minimum absolute atomic E-state index is 0.101. The fourth-order valence-electron chi connectivity index (χ4n) is 2.18. The summed E-state index contributed by atoms with van der Waals surface area (Å²) in [6.07, 6.45) is 4.14. The standard InChI is InChI=1S/C10H18N4/c1-10(2,9-12-7-13-14-9)8-4-3-5-11-6-8/h7-8,11H,3-6H2,1-2H3,(H,12,13,14). The molecule has 1 aliphatic rings. The summed E-state index contributed by atoms with van der Waals surface area (Å²) in [5.74, 6) is 1.66. The largest absolute Gasteiger partial charge is 0.316 e. The molecule has 0 radical (unpaired) electrons. The Balaban J connectivity index is 2.14. The molecule has 1 unspecified atom stereocenters. The highest BCUT2D eigenvalue weighted by Crippen LogP contribution is 2.32. The highest BCUT2D eigenvalue weighted by Gasteiger charge is 2.34. The second-order valence-corrected chi connectivity index (χ2v) is 4.60. The smallest absolute Gasteiger partial charge is 0.137 e. The number of aromatic nitrogens is 3. The molecule has 4 nitrogen and oxygen atoms in total. The van der Waals surface area contributed by atoms with Gasteiger partial charge in [0.15, 0.2) is 0 Å². The van der Waals surface area contributed by atoms with Crippen molar-refractivity contribution in [2.24, 2.45) is 5.92 Å².